The molecule has 3 aliphatic rings. The molecule has 7 nitrogen and oxygen atoms in total. The van der Waals surface area contributed by atoms with Crippen LogP contribution in [0.1, 0.15) is 62.7 Å². The normalized spacial score (nSPS) is 27.5. The fourth-order valence-electron chi connectivity index (χ4n) is 5.25. The Morgan fingerprint density at radius 2 is 1.88 bits per heavy atom. The van der Waals surface area contributed by atoms with Crippen LogP contribution in [0.25, 0.3) is 0 Å². The summed E-state index contributed by atoms with van der Waals surface area (Å²) in [6.07, 6.45) is 6.64. The molecule has 0 bridgehead atoms. The third kappa shape index (κ3) is 6.11. The number of carbonyl (C=O) groups excluding carboxylic acids is 2. The smallest absolute Gasteiger partial charge is 0.257 e. The predicted octanol–water partition coefficient (Wildman–Crippen LogP) is 4.03. The number of benzene rings is 1. The minimum absolute atomic E-state index is 0.0462. The second-order valence-electron chi connectivity index (χ2n) is 10.7. The summed E-state index contributed by atoms with van der Waals surface area (Å²) in [6, 6.07) is 5.66. The number of carbonyl (C=O) groups is 2. The molecule has 0 spiro atoms. The number of hydrogen-bond donors (Lipinski definition) is 1. The van der Waals surface area contributed by atoms with Crippen LogP contribution in [0.2, 0.25) is 0 Å². The summed E-state index contributed by atoms with van der Waals surface area (Å²) in [6.45, 7) is 7.41. The SMILES string of the molecule is CO[C@@H]1CN(C)C(=O)c2cc(NC(=O)C3CCCC3)ccc2OC[C@H](C)N(CC2CC2)C[C@H]1C. The number of amides is 2. The Labute approximate surface area is 204 Å². The second-order valence-corrected chi connectivity index (χ2v) is 10.7. The van der Waals surface area contributed by atoms with E-state index in [-0.39, 0.29) is 35.8 Å². The number of hydrogen-bond acceptors (Lipinski definition) is 5. The largest absolute Gasteiger partial charge is 0.491 e. The van der Waals surface area contributed by atoms with Crippen LogP contribution in [0.3, 0.4) is 0 Å². The van der Waals surface area contributed by atoms with Crippen molar-refractivity contribution in [2.45, 2.75) is 64.5 Å². The Hall–Kier alpha value is -2.12. The first-order valence-corrected chi connectivity index (χ1v) is 13.0. The van der Waals surface area contributed by atoms with Gasteiger partial charge in [-0.25, -0.2) is 0 Å². The lowest BCUT2D eigenvalue weighted by atomic mass is 10.0. The highest BCUT2D eigenvalue weighted by molar-refractivity contribution is 5.99. The third-order valence-corrected chi connectivity index (χ3v) is 7.76. The molecule has 2 aliphatic carbocycles. The summed E-state index contributed by atoms with van der Waals surface area (Å²) in [5.41, 5.74) is 1.13. The van der Waals surface area contributed by atoms with E-state index in [9.17, 15) is 9.59 Å². The number of fused-ring (bicyclic) bond motifs is 1. The molecular formula is C27H41N3O4. The number of nitrogens with zero attached hydrogens (tertiary/aromatic N) is 2. The third-order valence-electron chi connectivity index (χ3n) is 7.76. The van der Waals surface area contributed by atoms with E-state index in [1.54, 1.807) is 18.1 Å². The van der Waals surface area contributed by atoms with Crippen molar-refractivity contribution < 1.29 is 19.1 Å². The Morgan fingerprint density at radius 3 is 2.56 bits per heavy atom. The van der Waals surface area contributed by atoms with Crippen LogP contribution < -0.4 is 10.1 Å². The van der Waals surface area contributed by atoms with Gasteiger partial charge in [0.15, 0.2) is 0 Å². The lowest BCUT2D eigenvalue weighted by molar-refractivity contribution is -0.119. The van der Waals surface area contributed by atoms with Crippen molar-refractivity contribution in [2.24, 2.45) is 17.8 Å². The molecule has 1 aliphatic heterocycles. The van der Waals surface area contributed by atoms with E-state index in [2.05, 4.69) is 24.1 Å². The summed E-state index contributed by atoms with van der Waals surface area (Å²) < 4.78 is 12.1. The summed E-state index contributed by atoms with van der Waals surface area (Å²) in [7, 11) is 3.54. The van der Waals surface area contributed by atoms with E-state index in [1.165, 1.54) is 12.8 Å². The van der Waals surface area contributed by atoms with Gasteiger partial charge in [-0.2, -0.15) is 0 Å². The molecule has 2 amide bonds. The summed E-state index contributed by atoms with van der Waals surface area (Å²) in [5.74, 6) is 1.62. The molecule has 1 N–H and O–H groups in total. The van der Waals surface area contributed by atoms with Gasteiger partial charge >= 0.3 is 0 Å². The van der Waals surface area contributed by atoms with Crippen molar-refractivity contribution >= 4 is 17.5 Å². The maximum absolute atomic E-state index is 13.5. The van der Waals surface area contributed by atoms with E-state index in [1.807, 2.05) is 19.2 Å². The zero-order valence-corrected chi connectivity index (χ0v) is 21.2. The first-order valence-electron chi connectivity index (χ1n) is 13.0. The molecule has 7 heteroatoms. The van der Waals surface area contributed by atoms with Gasteiger partial charge in [-0.15, -0.1) is 0 Å². The standard InChI is InChI=1S/C27H41N3O4/c1-18-14-30(15-20-9-10-20)19(2)17-34-24-12-11-22(28-26(31)21-7-5-6-8-21)13-23(24)27(32)29(3)16-25(18)33-4/h11-13,18-21,25H,5-10,14-17H2,1-4H3,(H,28,31)/t18-,19+,25-/m1/s1. The average Bonchev–Trinajstić information content (AvgIpc) is 3.47. The van der Waals surface area contributed by atoms with Crippen molar-refractivity contribution in [1.82, 2.24) is 9.80 Å². The maximum Gasteiger partial charge on any atom is 0.257 e. The van der Waals surface area contributed by atoms with Gasteiger partial charge in [0.25, 0.3) is 5.91 Å². The van der Waals surface area contributed by atoms with Crippen LogP contribution in [-0.4, -0.2) is 74.2 Å². The molecule has 1 aromatic carbocycles. The predicted molar refractivity (Wildman–Crippen MR) is 133 cm³/mol. The molecule has 0 aromatic heterocycles. The number of likely N-dealkylation sites (N-methyl/N-ethyl adjacent to an activating group) is 1. The average molecular weight is 472 g/mol. The molecule has 1 heterocycles. The molecule has 0 radical (unpaired) electrons. The Kier molecular flexibility index (Phi) is 8.14. The first-order chi connectivity index (χ1) is 16.4. The highest BCUT2D eigenvalue weighted by Crippen LogP contribution is 2.32. The zero-order chi connectivity index (χ0) is 24.2. The highest BCUT2D eigenvalue weighted by Gasteiger charge is 2.32. The van der Waals surface area contributed by atoms with Crippen molar-refractivity contribution in [3.8, 4) is 5.75 Å². The van der Waals surface area contributed by atoms with Gasteiger partial charge in [-0.3, -0.25) is 14.5 Å². The minimum Gasteiger partial charge on any atom is -0.491 e. The molecular weight excluding hydrogens is 430 g/mol. The Bertz CT molecular complexity index is 865. The second kappa shape index (κ2) is 11.1. The fraction of sp³-hybridized carbons (Fsp3) is 0.704. The lowest BCUT2D eigenvalue weighted by Crippen LogP contribution is -2.47. The number of methoxy groups -OCH3 is 1. The summed E-state index contributed by atoms with van der Waals surface area (Å²) in [5, 5.41) is 3.03. The Balaban J connectivity index is 1.58. The molecule has 2 saturated carbocycles. The lowest BCUT2D eigenvalue weighted by Gasteiger charge is -2.36. The van der Waals surface area contributed by atoms with E-state index in [0.29, 0.717) is 30.2 Å². The molecule has 0 unspecified atom stereocenters. The van der Waals surface area contributed by atoms with Crippen LogP contribution >= 0.6 is 0 Å². The molecule has 2 fully saturated rings. The van der Waals surface area contributed by atoms with Crippen molar-refractivity contribution in [3.05, 3.63) is 23.8 Å². The number of anilines is 1. The van der Waals surface area contributed by atoms with Gasteiger partial charge in [0.05, 0.1) is 11.7 Å². The van der Waals surface area contributed by atoms with Gasteiger partial charge in [-0.1, -0.05) is 19.8 Å². The molecule has 188 valence electrons. The topological polar surface area (TPSA) is 71.1 Å². The summed E-state index contributed by atoms with van der Waals surface area (Å²) >= 11 is 0. The van der Waals surface area contributed by atoms with Gasteiger partial charge in [0, 0.05) is 51.4 Å². The van der Waals surface area contributed by atoms with Crippen LogP contribution in [0, 0.1) is 17.8 Å². The van der Waals surface area contributed by atoms with Crippen LogP contribution in [0.15, 0.2) is 18.2 Å². The summed E-state index contributed by atoms with van der Waals surface area (Å²) in [4.78, 5) is 30.4. The van der Waals surface area contributed by atoms with Gasteiger partial charge in [0.1, 0.15) is 12.4 Å². The first kappa shape index (κ1) is 25.0. The zero-order valence-electron chi connectivity index (χ0n) is 21.2. The van der Waals surface area contributed by atoms with Crippen LogP contribution in [0.5, 0.6) is 5.75 Å². The molecule has 4 rings (SSSR count). The van der Waals surface area contributed by atoms with Gasteiger partial charge in [-0.05, 0) is 62.6 Å². The van der Waals surface area contributed by atoms with Crippen LogP contribution in [-0.2, 0) is 9.53 Å². The van der Waals surface area contributed by atoms with Gasteiger partial charge < -0.3 is 19.7 Å². The van der Waals surface area contributed by atoms with Crippen molar-refractivity contribution in [2.75, 3.05) is 45.7 Å². The molecule has 34 heavy (non-hydrogen) atoms. The quantitative estimate of drug-likeness (QED) is 0.702. The maximum atomic E-state index is 13.5. The number of nitrogens with one attached hydrogen (secondary N) is 1. The van der Waals surface area contributed by atoms with Crippen LogP contribution in [0.4, 0.5) is 5.69 Å². The van der Waals surface area contributed by atoms with Gasteiger partial charge in [0.2, 0.25) is 5.91 Å². The molecule has 3 atom stereocenters. The van der Waals surface area contributed by atoms with E-state index in [4.69, 9.17) is 9.47 Å². The number of ether oxygens (including phenoxy) is 2. The van der Waals surface area contributed by atoms with E-state index < -0.39 is 0 Å². The molecule has 0 saturated heterocycles. The monoisotopic (exact) mass is 471 g/mol. The van der Waals surface area contributed by atoms with Crippen molar-refractivity contribution in [1.29, 1.82) is 0 Å². The highest BCUT2D eigenvalue weighted by atomic mass is 16.5. The van der Waals surface area contributed by atoms with E-state index in [0.717, 1.165) is 44.7 Å². The fourth-order valence-corrected chi connectivity index (χ4v) is 5.25. The van der Waals surface area contributed by atoms with Crippen molar-refractivity contribution in [3.63, 3.8) is 0 Å². The number of rotatable bonds is 5. The Morgan fingerprint density at radius 1 is 1.15 bits per heavy atom. The van der Waals surface area contributed by atoms with E-state index >= 15 is 0 Å². The minimum atomic E-state index is -0.121. The molecule has 1 aromatic rings.